The highest BCUT2D eigenvalue weighted by atomic mass is 16.5. The van der Waals surface area contributed by atoms with Gasteiger partial charge in [-0.15, -0.1) is 5.10 Å². The Morgan fingerprint density at radius 1 is 1.16 bits per heavy atom. The molecule has 0 bridgehead atoms. The highest BCUT2D eigenvalue weighted by Gasteiger charge is 2.48. The summed E-state index contributed by atoms with van der Waals surface area (Å²) in [5.41, 5.74) is 0.843. The summed E-state index contributed by atoms with van der Waals surface area (Å²) in [4.78, 5) is 44.5. The maximum Gasteiger partial charge on any atom is 0.248 e. The predicted octanol–water partition coefficient (Wildman–Crippen LogP) is 2.05. The van der Waals surface area contributed by atoms with Crippen LogP contribution in [0.4, 0.5) is 0 Å². The lowest BCUT2D eigenvalue weighted by Gasteiger charge is -2.38. The number of ether oxygens (including phenoxy) is 1. The summed E-state index contributed by atoms with van der Waals surface area (Å²) in [6.07, 6.45) is 7.33. The number of aliphatic hydroxyl groups excluding tert-OH is 1. The van der Waals surface area contributed by atoms with Gasteiger partial charge >= 0.3 is 0 Å². The highest BCUT2D eigenvalue weighted by molar-refractivity contribution is 5.90. The molecule has 2 aromatic heterocycles. The van der Waals surface area contributed by atoms with E-state index in [1.54, 1.807) is 22.7 Å². The molecule has 1 saturated carbocycles. The molecule has 0 radical (unpaired) electrons. The van der Waals surface area contributed by atoms with Crippen molar-refractivity contribution >= 4 is 17.7 Å². The first-order chi connectivity index (χ1) is 20.7. The zero-order valence-corrected chi connectivity index (χ0v) is 27.1. The van der Waals surface area contributed by atoms with E-state index in [1.807, 2.05) is 58.8 Å². The SMILES string of the molecule is COCCn1cc([C@@H]2[C@@H](CNC(=O)[C@@H]3C[C@@H](O)CN3C(=O)[C@@H](n3cc(C4CC4)nn3)C(C)(C)C)CC(=O)N2C(C)(C)C)cn1. The predicted molar refractivity (Wildman–Crippen MR) is 161 cm³/mol. The van der Waals surface area contributed by atoms with E-state index in [2.05, 4.69) is 20.7 Å². The first-order valence-electron chi connectivity index (χ1n) is 15.7. The highest BCUT2D eigenvalue weighted by Crippen LogP contribution is 2.43. The Bertz CT molecular complexity index is 1350. The van der Waals surface area contributed by atoms with Crippen LogP contribution in [-0.4, -0.2) is 102 Å². The van der Waals surface area contributed by atoms with Gasteiger partial charge in [0, 0.05) is 68.4 Å². The van der Waals surface area contributed by atoms with E-state index in [9.17, 15) is 19.5 Å². The van der Waals surface area contributed by atoms with Gasteiger partial charge in [-0.05, 0) is 39.0 Å². The largest absolute Gasteiger partial charge is 0.391 e. The monoisotopic (exact) mass is 612 g/mol. The minimum absolute atomic E-state index is 0.0194. The maximum absolute atomic E-state index is 14.1. The topological polar surface area (TPSA) is 148 Å². The Kier molecular flexibility index (Phi) is 8.92. The van der Waals surface area contributed by atoms with Gasteiger partial charge in [0.25, 0.3) is 0 Å². The Balaban J connectivity index is 1.32. The van der Waals surface area contributed by atoms with Crippen LogP contribution in [0.2, 0.25) is 0 Å². The van der Waals surface area contributed by atoms with E-state index < -0.39 is 29.1 Å². The molecule has 0 unspecified atom stereocenters. The Hall–Kier alpha value is -3.32. The molecular weight excluding hydrogens is 564 g/mol. The Labute approximate surface area is 259 Å². The molecule has 2 aliphatic heterocycles. The molecule has 13 heteroatoms. The molecule has 2 N–H and O–H groups in total. The number of hydrogen-bond acceptors (Lipinski definition) is 8. The van der Waals surface area contributed by atoms with Crippen LogP contribution in [0.3, 0.4) is 0 Å². The maximum atomic E-state index is 14.1. The molecule has 5 atom stereocenters. The van der Waals surface area contributed by atoms with Crippen LogP contribution in [0.1, 0.15) is 96.5 Å². The van der Waals surface area contributed by atoms with Crippen LogP contribution in [0, 0.1) is 11.3 Å². The Morgan fingerprint density at radius 3 is 2.52 bits per heavy atom. The van der Waals surface area contributed by atoms with Crippen molar-refractivity contribution in [1.29, 1.82) is 0 Å². The number of aromatic nitrogens is 5. The van der Waals surface area contributed by atoms with Crippen LogP contribution in [0.25, 0.3) is 0 Å². The van der Waals surface area contributed by atoms with Crippen molar-refractivity contribution in [3.8, 4) is 0 Å². The van der Waals surface area contributed by atoms with E-state index in [0.29, 0.717) is 19.1 Å². The summed E-state index contributed by atoms with van der Waals surface area (Å²) < 4.78 is 8.61. The third-order valence-corrected chi connectivity index (χ3v) is 8.92. The van der Waals surface area contributed by atoms with Gasteiger partial charge in [-0.1, -0.05) is 26.0 Å². The minimum Gasteiger partial charge on any atom is -0.391 e. The van der Waals surface area contributed by atoms with E-state index in [4.69, 9.17) is 4.74 Å². The van der Waals surface area contributed by atoms with Gasteiger partial charge in [-0.3, -0.25) is 19.1 Å². The van der Waals surface area contributed by atoms with Crippen molar-refractivity contribution in [1.82, 2.24) is 39.9 Å². The fourth-order valence-corrected chi connectivity index (χ4v) is 6.71. The van der Waals surface area contributed by atoms with Gasteiger partial charge in [0.2, 0.25) is 17.7 Å². The third kappa shape index (κ3) is 6.68. The number of β-amino-alcohol motifs (C(OH)–C–C–N with tert-alkyl or cyclic N) is 1. The van der Waals surface area contributed by atoms with Gasteiger partial charge in [0.1, 0.15) is 12.1 Å². The number of carbonyl (C=O) groups excluding carboxylic acids is 3. The van der Waals surface area contributed by atoms with Crippen LogP contribution in [0.5, 0.6) is 0 Å². The van der Waals surface area contributed by atoms with Crippen LogP contribution < -0.4 is 5.32 Å². The summed E-state index contributed by atoms with van der Waals surface area (Å²) in [7, 11) is 1.64. The summed E-state index contributed by atoms with van der Waals surface area (Å²) in [6.45, 7) is 13.3. The molecule has 3 fully saturated rings. The first kappa shape index (κ1) is 32.1. The summed E-state index contributed by atoms with van der Waals surface area (Å²) >= 11 is 0. The zero-order valence-electron chi connectivity index (χ0n) is 27.1. The molecule has 1 aliphatic carbocycles. The number of methoxy groups -OCH3 is 1. The summed E-state index contributed by atoms with van der Waals surface area (Å²) in [5, 5.41) is 26.8. The average Bonchev–Trinajstić information content (AvgIpc) is 3.26. The molecule has 3 amide bonds. The molecule has 5 rings (SSSR count). The third-order valence-electron chi connectivity index (χ3n) is 8.92. The lowest BCUT2D eigenvalue weighted by Crippen LogP contribution is -2.51. The quantitative estimate of drug-likeness (QED) is 0.414. The van der Waals surface area contributed by atoms with Crippen LogP contribution >= 0.6 is 0 Å². The Morgan fingerprint density at radius 2 is 1.89 bits per heavy atom. The standard InChI is InChI=1S/C31H48N8O5/c1-30(2,3)27(38-18-23(34-35-38)19-8-9-19)29(43)37-17-22(40)13-24(37)28(42)32-14-20-12-25(41)39(31(4,5)6)26(20)21-15-33-36(16-21)10-11-44-7/h15-16,18-20,22,24,26-27,40H,8-14,17H2,1-7H3,(H,32,42)/t20-,22-,24+,26+,27-/m1/s1. The first-order valence-corrected chi connectivity index (χ1v) is 15.7. The lowest BCUT2D eigenvalue weighted by molar-refractivity contribution is -0.144. The number of hydrogen-bond donors (Lipinski definition) is 2. The number of aliphatic hydroxyl groups is 1. The van der Waals surface area contributed by atoms with E-state index >= 15 is 0 Å². The van der Waals surface area contributed by atoms with Gasteiger partial charge in [-0.25, -0.2) is 4.68 Å². The number of carbonyl (C=O) groups is 3. The molecule has 13 nitrogen and oxygen atoms in total. The van der Waals surface area contributed by atoms with Crippen molar-refractivity contribution in [3.05, 3.63) is 29.8 Å². The zero-order chi connectivity index (χ0) is 32.0. The van der Waals surface area contributed by atoms with Gasteiger partial charge < -0.3 is 25.0 Å². The molecule has 0 aromatic carbocycles. The molecule has 0 spiro atoms. The van der Waals surface area contributed by atoms with Crippen molar-refractivity contribution in [2.75, 3.05) is 26.8 Å². The van der Waals surface area contributed by atoms with Crippen molar-refractivity contribution in [2.24, 2.45) is 11.3 Å². The van der Waals surface area contributed by atoms with Crippen LogP contribution in [0.15, 0.2) is 18.6 Å². The summed E-state index contributed by atoms with van der Waals surface area (Å²) in [5.74, 6) is -0.383. The second-order valence-electron chi connectivity index (χ2n) is 14.7. The van der Waals surface area contributed by atoms with E-state index in [-0.39, 0.29) is 55.6 Å². The molecule has 4 heterocycles. The second-order valence-corrected chi connectivity index (χ2v) is 14.7. The number of nitrogens with zero attached hydrogens (tertiary/aromatic N) is 7. The molecule has 242 valence electrons. The molecule has 44 heavy (non-hydrogen) atoms. The number of rotatable bonds is 10. The van der Waals surface area contributed by atoms with E-state index in [1.165, 1.54) is 4.90 Å². The fraction of sp³-hybridized carbons (Fsp3) is 0.742. The molecule has 2 aromatic rings. The van der Waals surface area contributed by atoms with Crippen molar-refractivity contribution < 1.29 is 24.2 Å². The molecular formula is C31H48N8O5. The van der Waals surface area contributed by atoms with Gasteiger partial charge in [-0.2, -0.15) is 5.10 Å². The van der Waals surface area contributed by atoms with Crippen molar-refractivity contribution in [3.63, 3.8) is 0 Å². The average molecular weight is 613 g/mol. The number of likely N-dealkylation sites (tertiary alicyclic amines) is 2. The molecule has 3 aliphatic rings. The molecule has 2 saturated heterocycles. The number of amides is 3. The van der Waals surface area contributed by atoms with Crippen molar-refractivity contribution in [2.45, 2.75) is 109 Å². The smallest absolute Gasteiger partial charge is 0.248 e. The number of nitrogens with one attached hydrogen (secondary N) is 1. The minimum atomic E-state index is -0.833. The normalized spacial score (nSPS) is 25.1. The lowest BCUT2D eigenvalue weighted by atomic mass is 9.85. The second kappa shape index (κ2) is 12.2. The van der Waals surface area contributed by atoms with Gasteiger partial charge in [0.15, 0.2) is 0 Å². The van der Waals surface area contributed by atoms with Crippen LogP contribution in [-0.2, 0) is 25.7 Å². The van der Waals surface area contributed by atoms with E-state index in [0.717, 1.165) is 24.1 Å². The summed E-state index contributed by atoms with van der Waals surface area (Å²) in [6, 6.07) is -1.79. The van der Waals surface area contributed by atoms with Gasteiger partial charge in [0.05, 0.1) is 37.2 Å². The fourth-order valence-electron chi connectivity index (χ4n) is 6.71.